The lowest BCUT2D eigenvalue weighted by atomic mass is 10.2. The molecule has 0 spiro atoms. The molecule has 132 valence electrons. The van der Waals surface area contributed by atoms with Gasteiger partial charge in [-0.15, -0.1) is 0 Å². The first kappa shape index (κ1) is 18.1. The molecule has 5 heteroatoms. The molecule has 0 heterocycles. The van der Waals surface area contributed by atoms with E-state index in [0.29, 0.717) is 15.4 Å². The van der Waals surface area contributed by atoms with Crippen LogP contribution in [0.3, 0.4) is 0 Å². The summed E-state index contributed by atoms with van der Waals surface area (Å²) in [4.78, 5) is 13.6. The molecule has 0 bridgehead atoms. The minimum Gasteiger partial charge on any atom is -0.462 e. The first-order chi connectivity index (χ1) is 12.6. The Morgan fingerprint density at radius 1 is 0.885 bits per heavy atom. The molecule has 0 saturated carbocycles. The molecule has 0 amide bonds. The van der Waals surface area contributed by atoms with E-state index < -0.39 is 28.5 Å². The highest BCUT2D eigenvalue weighted by Gasteiger charge is 2.38. The molecule has 1 atom stereocenters. The number of carbonyl (C=O) groups is 1. The maximum Gasteiger partial charge on any atom is 0.343 e. The SMILES string of the molecule is CCOC(=O)c1ccccc1[S+](c1ccccc1)c1c(F)cccc1F. The molecule has 3 aromatic rings. The van der Waals surface area contributed by atoms with Crippen LogP contribution in [0.25, 0.3) is 0 Å². The molecule has 0 N–H and O–H groups in total. The summed E-state index contributed by atoms with van der Waals surface area (Å²) >= 11 is 0. The van der Waals surface area contributed by atoms with Crippen molar-refractivity contribution in [3.63, 3.8) is 0 Å². The zero-order valence-electron chi connectivity index (χ0n) is 14.1. The number of hydrogen-bond acceptors (Lipinski definition) is 2. The Morgan fingerprint density at radius 3 is 2.15 bits per heavy atom. The highest BCUT2D eigenvalue weighted by molar-refractivity contribution is 7.97. The molecular formula is C21H17F2O2S+. The number of halogens is 2. The Hall–Kier alpha value is -2.66. The summed E-state index contributed by atoms with van der Waals surface area (Å²) < 4.78 is 34.3. The van der Waals surface area contributed by atoms with Crippen molar-refractivity contribution < 1.29 is 18.3 Å². The summed E-state index contributed by atoms with van der Waals surface area (Å²) in [6.45, 7) is 1.94. The van der Waals surface area contributed by atoms with E-state index in [0.717, 1.165) is 0 Å². The van der Waals surface area contributed by atoms with Crippen LogP contribution in [0.5, 0.6) is 0 Å². The van der Waals surface area contributed by atoms with Gasteiger partial charge in [-0.25, -0.2) is 13.6 Å². The van der Waals surface area contributed by atoms with Gasteiger partial charge in [0.2, 0.25) is 4.90 Å². The third-order valence-electron chi connectivity index (χ3n) is 3.70. The molecular weight excluding hydrogens is 354 g/mol. The fraction of sp³-hybridized carbons (Fsp3) is 0.0952. The molecule has 0 aliphatic rings. The number of carbonyl (C=O) groups excluding carboxylic acids is 1. The van der Waals surface area contributed by atoms with Gasteiger partial charge in [-0.2, -0.15) is 0 Å². The van der Waals surface area contributed by atoms with Crippen LogP contribution in [-0.2, 0) is 15.6 Å². The Morgan fingerprint density at radius 2 is 1.50 bits per heavy atom. The first-order valence-corrected chi connectivity index (χ1v) is 9.35. The van der Waals surface area contributed by atoms with Crippen molar-refractivity contribution in [2.45, 2.75) is 21.6 Å². The highest BCUT2D eigenvalue weighted by atomic mass is 32.2. The van der Waals surface area contributed by atoms with E-state index >= 15 is 0 Å². The van der Waals surface area contributed by atoms with Crippen LogP contribution in [0, 0.1) is 11.6 Å². The van der Waals surface area contributed by atoms with E-state index in [9.17, 15) is 13.6 Å². The molecule has 2 nitrogen and oxygen atoms in total. The molecule has 26 heavy (non-hydrogen) atoms. The van der Waals surface area contributed by atoms with Gasteiger partial charge in [0.05, 0.1) is 6.61 Å². The normalized spacial score (nSPS) is 11.8. The van der Waals surface area contributed by atoms with Gasteiger partial charge in [0.1, 0.15) is 16.5 Å². The highest BCUT2D eigenvalue weighted by Crippen LogP contribution is 2.36. The molecule has 0 aliphatic carbocycles. The minimum absolute atomic E-state index is 0.0598. The smallest absolute Gasteiger partial charge is 0.343 e. The number of benzene rings is 3. The van der Waals surface area contributed by atoms with Crippen molar-refractivity contribution in [3.05, 3.63) is 90.0 Å². The number of rotatable bonds is 5. The monoisotopic (exact) mass is 371 g/mol. The molecule has 0 aromatic heterocycles. The summed E-state index contributed by atoms with van der Waals surface area (Å²) in [5.74, 6) is -1.79. The second kappa shape index (κ2) is 8.15. The van der Waals surface area contributed by atoms with E-state index in [2.05, 4.69) is 0 Å². The third-order valence-corrected chi connectivity index (χ3v) is 6.04. The molecule has 3 rings (SSSR count). The van der Waals surface area contributed by atoms with Crippen LogP contribution in [0.4, 0.5) is 8.78 Å². The molecule has 1 unspecified atom stereocenters. The quantitative estimate of drug-likeness (QED) is 0.453. The maximum absolute atomic E-state index is 14.6. The van der Waals surface area contributed by atoms with E-state index in [-0.39, 0.29) is 11.5 Å². The first-order valence-electron chi connectivity index (χ1n) is 8.13. The lowest BCUT2D eigenvalue weighted by Gasteiger charge is -2.12. The lowest BCUT2D eigenvalue weighted by Crippen LogP contribution is -2.15. The van der Waals surface area contributed by atoms with E-state index in [4.69, 9.17) is 4.74 Å². The van der Waals surface area contributed by atoms with Gasteiger partial charge in [0, 0.05) is 0 Å². The summed E-state index contributed by atoms with van der Waals surface area (Å²) in [6, 6.07) is 19.6. The second-order valence-corrected chi connectivity index (χ2v) is 7.32. The molecule has 0 saturated heterocycles. The van der Waals surface area contributed by atoms with Gasteiger partial charge >= 0.3 is 5.97 Å². The van der Waals surface area contributed by atoms with Crippen LogP contribution in [0.15, 0.2) is 87.5 Å². The van der Waals surface area contributed by atoms with Crippen LogP contribution in [0.1, 0.15) is 17.3 Å². The van der Waals surface area contributed by atoms with E-state index in [1.807, 2.05) is 6.07 Å². The summed E-state index contributed by atoms with van der Waals surface area (Å²) in [6.07, 6.45) is 0. The number of esters is 1. The molecule has 0 radical (unpaired) electrons. The Balaban J connectivity index is 2.26. The Kier molecular flexibility index (Phi) is 5.68. The van der Waals surface area contributed by atoms with Gasteiger partial charge in [-0.05, 0) is 43.3 Å². The lowest BCUT2D eigenvalue weighted by molar-refractivity contribution is 0.0522. The number of hydrogen-bond donors (Lipinski definition) is 0. The van der Waals surface area contributed by atoms with Crippen molar-refractivity contribution in [3.8, 4) is 0 Å². The van der Waals surface area contributed by atoms with Gasteiger partial charge in [0.25, 0.3) is 0 Å². The molecule has 3 aromatic carbocycles. The zero-order chi connectivity index (χ0) is 18.5. The molecule has 0 aliphatic heterocycles. The second-order valence-electron chi connectivity index (χ2n) is 5.39. The maximum atomic E-state index is 14.6. The number of ether oxygens (including phenoxy) is 1. The third kappa shape index (κ3) is 3.63. The van der Waals surface area contributed by atoms with Gasteiger partial charge in [0.15, 0.2) is 21.4 Å². The summed E-state index contributed by atoms with van der Waals surface area (Å²) in [5.41, 5.74) is 0.309. The van der Waals surface area contributed by atoms with E-state index in [1.54, 1.807) is 55.5 Å². The van der Waals surface area contributed by atoms with Crippen molar-refractivity contribution in [2.24, 2.45) is 0 Å². The van der Waals surface area contributed by atoms with Crippen LogP contribution < -0.4 is 0 Å². The predicted octanol–water partition coefficient (Wildman–Crippen LogP) is 5.24. The summed E-state index contributed by atoms with van der Waals surface area (Å²) in [7, 11) is -1.12. The molecule has 0 fully saturated rings. The fourth-order valence-electron chi connectivity index (χ4n) is 2.61. The average Bonchev–Trinajstić information content (AvgIpc) is 2.66. The zero-order valence-corrected chi connectivity index (χ0v) is 14.9. The van der Waals surface area contributed by atoms with Crippen LogP contribution in [-0.4, -0.2) is 12.6 Å². The van der Waals surface area contributed by atoms with Crippen molar-refractivity contribution in [1.82, 2.24) is 0 Å². The van der Waals surface area contributed by atoms with Gasteiger partial charge in [-0.1, -0.05) is 36.4 Å². The average molecular weight is 371 g/mol. The predicted molar refractivity (Wildman–Crippen MR) is 97.4 cm³/mol. The Labute approximate surface area is 153 Å². The van der Waals surface area contributed by atoms with Crippen molar-refractivity contribution >= 4 is 16.9 Å². The Bertz CT molecular complexity index is 893. The van der Waals surface area contributed by atoms with Gasteiger partial charge < -0.3 is 4.74 Å². The topological polar surface area (TPSA) is 26.3 Å². The fourth-order valence-corrected chi connectivity index (χ4v) is 4.86. The standard InChI is InChI=1S/C21H17F2O2S/c1-2-25-21(24)16-11-6-7-14-19(16)26(15-9-4-3-5-10-15)20-17(22)12-8-13-18(20)23/h3-14H,2H2,1H3/q+1. The van der Waals surface area contributed by atoms with Crippen molar-refractivity contribution in [2.75, 3.05) is 6.61 Å². The van der Waals surface area contributed by atoms with Gasteiger partial charge in [-0.3, -0.25) is 0 Å². The van der Waals surface area contributed by atoms with Crippen LogP contribution in [0.2, 0.25) is 0 Å². The van der Waals surface area contributed by atoms with E-state index in [1.165, 1.54) is 18.2 Å². The minimum atomic E-state index is -1.12. The summed E-state index contributed by atoms with van der Waals surface area (Å²) in [5, 5.41) is 0. The van der Waals surface area contributed by atoms with Crippen LogP contribution >= 0.6 is 0 Å². The largest absolute Gasteiger partial charge is 0.462 e. The van der Waals surface area contributed by atoms with Crippen molar-refractivity contribution in [1.29, 1.82) is 0 Å².